The lowest BCUT2D eigenvalue weighted by molar-refractivity contribution is 0.146. The van der Waals surface area contributed by atoms with Crippen LogP contribution in [0.15, 0.2) is 5.51 Å². The minimum atomic E-state index is 0.584. The Morgan fingerprint density at radius 3 is 3.13 bits per heavy atom. The molecule has 2 heterocycles. The molecule has 0 saturated carbocycles. The Bertz CT molecular complexity index is 311. The zero-order chi connectivity index (χ0) is 10.7. The first-order valence-corrected chi connectivity index (χ1v) is 6.52. The van der Waals surface area contributed by atoms with Crippen molar-refractivity contribution in [2.75, 3.05) is 13.1 Å². The molecule has 2 rings (SSSR count). The normalized spacial score (nSPS) is 23.2. The quantitative estimate of drug-likeness (QED) is 0.852. The lowest BCUT2D eigenvalue weighted by Gasteiger charge is -2.34. The van der Waals surface area contributed by atoms with E-state index in [0.29, 0.717) is 6.04 Å². The molecule has 0 aromatic carbocycles. The van der Waals surface area contributed by atoms with Gasteiger partial charge in [-0.15, -0.1) is 11.3 Å². The third-order valence-corrected chi connectivity index (χ3v) is 4.13. The molecular weight excluding hydrogens is 206 g/mol. The molecule has 1 aliphatic rings. The monoisotopic (exact) mass is 225 g/mol. The minimum absolute atomic E-state index is 0.584. The molecule has 1 aromatic heterocycles. The number of aryl methyl sites for hydroxylation is 1. The van der Waals surface area contributed by atoms with Gasteiger partial charge in [-0.1, -0.05) is 6.42 Å². The summed E-state index contributed by atoms with van der Waals surface area (Å²) < 4.78 is 0. The highest BCUT2D eigenvalue weighted by molar-refractivity contribution is 7.09. The number of nitrogens with two attached hydrogens (primary N) is 1. The summed E-state index contributed by atoms with van der Waals surface area (Å²) >= 11 is 1.76. The highest BCUT2D eigenvalue weighted by atomic mass is 32.1. The van der Waals surface area contributed by atoms with Crippen LogP contribution in [-0.4, -0.2) is 29.0 Å². The summed E-state index contributed by atoms with van der Waals surface area (Å²) in [4.78, 5) is 8.21. The van der Waals surface area contributed by atoms with E-state index in [9.17, 15) is 0 Å². The maximum atomic E-state index is 5.81. The molecular formula is C11H19N3S. The van der Waals surface area contributed by atoms with Crippen molar-refractivity contribution in [3.05, 3.63) is 16.1 Å². The van der Waals surface area contributed by atoms with Gasteiger partial charge in [0.15, 0.2) is 0 Å². The minimum Gasteiger partial charge on any atom is -0.329 e. The maximum absolute atomic E-state index is 5.81. The van der Waals surface area contributed by atoms with Gasteiger partial charge in [0.25, 0.3) is 0 Å². The Balaban J connectivity index is 2.00. The number of nitrogens with zero attached hydrogens (tertiary/aromatic N) is 2. The first kappa shape index (κ1) is 11.0. The summed E-state index contributed by atoms with van der Waals surface area (Å²) in [7, 11) is 0. The smallest absolute Gasteiger partial charge is 0.0798 e. The average molecular weight is 225 g/mol. The third-order valence-electron chi connectivity index (χ3n) is 3.21. The van der Waals surface area contributed by atoms with Gasteiger partial charge in [0.1, 0.15) is 0 Å². The van der Waals surface area contributed by atoms with E-state index in [4.69, 9.17) is 5.73 Å². The van der Waals surface area contributed by atoms with Gasteiger partial charge in [0.05, 0.1) is 11.2 Å². The average Bonchev–Trinajstić information content (AvgIpc) is 2.65. The van der Waals surface area contributed by atoms with Crippen molar-refractivity contribution >= 4 is 11.3 Å². The van der Waals surface area contributed by atoms with Gasteiger partial charge in [-0.05, 0) is 26.3 Å². The van der Waals surface area contributed by atoms with Crippen molar-refractivity contribution in [1.82, 2.24) is 9.88 Å². The summed E-state index contributed by atoms with van der Waals surface area (Å²) in [5.41, 5.74) is 8.93. The zero-order valence-corrected chi connectivity index (χ0v) is 10.1. The summed E-state index contributed by atoms with van der Waals surface area (Å²) in [5, 5.41) is 0. The van der Waals surface area contributed by atoms with Crippen LogP contribution in [0.4, 0.5) is 0 Å². The molecule has 3 nitrogen and oxygen atoms in total. The van der Waals surface area contributed by atoms with E-state index >= 15 is 0 Å². The summed E-state index contributed by atoms with van der Waals surface area (Å²) in [6, 6.07) is 0.584. The second-order valence-corrected chi connectivity index (χ2v) is 5.16. The fraction of sp³-hybridized carbons (Fsp3) is 0.727. The largest absolute Gasteiger partial charge is 0.329 e. The van der Waals surface area contributed by atoms with Crippen LogP contribution < -0.4 is 5.73 Å². The Hall–Kier alpha value is -0.450. The van der Waals surface area contributed by atoms with Crippen LogP contribution in [-0.2, 0) is 6.54 Å². The fourth-order valence-corrected chi connectivity index (χ4v) is 3.00. The van der Waals surface area contributed by atoms with E-state index in [1.807, 2.05) is 5.51 Å². The SMILES string of the molecule is Cc1ncsc1CN1CCCCC1CN. The van der Waals surface area contributed by atoms with Crippen molar-refractivity contribution in [3.8, 4) is 0 Å². The molecule has 1 saturated heterocycles. The molecule has 0 aliphatic carbocycles. The van der Waals surface area contributed by atoms with Gasteiger partial charge in [-0.2, -0.15) is 0 Å². The molecule has 2 N–H and O–H groups in total. The number of hydrogen-bond donors (Lipinski definition) is 1. The van der Waals surface area contributed by atoms with Crippen molar-refractivity contribution in [2.24, 2.45) is 5.73 Å². The molecule has 0 bridgehead atoms. The van der Waals surface area contributed by atoms with Gasteiger partial charge < -0.3 is 5.73 Å². The Morgan fingerprint density at radius 2 is 2.47 bits per heavy atom. The van der Waals surface area contributed by atoms with Crippen LogP contribution in [0.3, 0.4) is 0 Å². The van der Waals surface area contributed by atoms with Gasteiger partial charge in [0.2, 0.25) is 0 Å². The molecule has 1 unspecified atom stereocenters. The Morgan fingerprint density at radius 1 is 1.60 bits per heavy atom. The van der Waals surface area contributed by atoms with Crippen LogP contribution in [0.2, 0.25) is 0 Å². The first-order chi connectivity index (χ1) is 7.31. The van der Waals surface area contributed by atoms with E-state index in [1.165, 1.54) is 36.4 Å². The predicted molar refractivity (Wildman–Crippen MR) is 64.0 cm³/mol. The highest BCUT2D eigenvalue weighted by Gasteiger charge is 2.21. The predicted octanol–water partition coefficient (Wildman–Crippen LogP) is 1.76. The summed E-state index contributed by atoms with van der Waals surface area (Å²) in [6.45, 7) is 5.11. The van der Waals surface area contributed by atoms with Crippen LogP contribution in [0.1, 0.15) is 29.8 Å². The maximum Gasteiger partial charge on any atom is 0.0798 e. The Labute approximate surface area is 95.3 Å². The molecule has 84 valence electrons. The second kappa shape index (κ2) is 5.05. The molecule has 0 amide bonds. The number of likely N-dealkylation sites (tertiary alicyclic amines) is 1. The molecule has 1 aliphatic heterocycles. The first-order valence-electron chi connectivity index (χ1n) is 5.64. The Kier molecular flexibility index (Phi) is 3.72. The second-order valence-electron chi connectivity index (χ2n) is 4.22. The lowest BCUT2D eigenvalue weighted by Crippen LogP contribution is -2.43. The topological polar surface area (TPSA) is 42.2 Å². The highest BCUT2D eigenvalue weighted by Crippen LogP contribution is 2.21. The van der Waals surface area contributed by atoms with E-state index in [1.54, 1.807) is 11.3 Å². The summed E-state index contributed by atoms with van der Waals surface area (Å²) in [5.74, 6) is 0. The standard InChI is InChI=1S/C11H19N3S/c1-9-11(15-8-13-9)7-14-5-3-2-4-10(14)6-12/h8,10H,2-7,12H2,1H3. The number of hydrogen-bond acceptors (Lipinski definition) is 4. The number of aromatic nitrogens is 1. The van der Waals surface area contributed by atoms with E-state index < -0.39 is 0 Å². The van der Waals surface area contributed by atoms with Crippen molar-refractivity contribution < 1.29 is 0 Å². The van der Waals surface area contributed by atoms with Crippen LogP contribution in [0.5, 0.6) is 0 Å². The number of thiazole rings is 1. The number of piperidine rings is 1. The third kappa shape index (κ3) is 2.56. The van der Waals surface area contributed by atoms with E-state index in [0.717, 1.165) is 13.1 Å². The van der Waals surface area contributed by atoms with Crippen molar-refractivity contribution in [1.29, 1.82) is 0 Å². The molecule has 1 atom stereocenters. The zero-order valence-electron chi connectivity index (χ0n) is 9.28. The van der Waals surface area contributed by atoms with Gasteiger partial charge in [-0.3, -0.25) is 4.90 Å². The van der Waals surface area contributed by atoms with Crippen LogP contribution >= 0.6 is 11.3 Å². The van der Waals surface area contributed by atoms with Gasteiger partial charge in [0, 0.05) is 24.0 Å². The van der Waals surface area contributed by atoms with E-state index in [2.05, 4.69) is 16.8 Å². The van der Waals surface area contributed by atoms with Crippen molar-refractivity contribution in [3.63, 3.8) is 0 Å². The molecule has 0 spiro atoms. The number of rotatable bonds is 3. The molecule has 4 heteroatoms. The van der Waals surface area contributed by atoms with E-state index in [-0.39, 0.29) is 0 Å². The van der Waals surface area contributed by atoms with Crippen LogP contribution in [0, 0.1) is 6.92 Å². The molecule has 1 aromatic rings. The lowest BCUT2D eigenvalue weighted by atomic mass is 10.0. The van der Waals surface area contributed by atoms with Crippen LogP contribution in [0.25, 0.3) is 0 Å². The molecule has 1 fully saturated rings. The van der Waals surface area contributed by atoms with Gasteiger partial charge >= 0.3 is 0 Å². The van der Waals surface area contributed by atoms with Gasteiger partial charge in [-0.25, -0.2) is 4.98 Å². The molecule has 0 radical (unpaired) electrons. The fourth-order valence-electron chi connectivity index (χ4n) is 2.20. The van der Waals surface area contributed by atoms with Crippen molar-refractivity contribution in [2.45, 2.75) is 38.8 Å². The molecule has 15 heavy (non-hydrogen) atoms. The summed E-state index contributed by atoms with van der Waals surface area (Å²) in [6.07, 6.45) is 3.91.